The number of nitrogens with zero attached hydrogens (tertiary/aromatic N) is 4. The molecular weight excluding hydrogens is 392 g/mol. The molecule has 3 aromatic rings. The van der Waals surface area contributed by atoms with Gasteiger partial charge in [-0.3, -0.25) is 4.79 Å². The zero-order chi connectivity index (χ0) is 19.8. The van der Waals surface area contributed by atoms with Crippen molar-refractivity contribution in [1.29, 1.82) is 0 Å². The standard InChI is InChI=1S/C18H14ClF2N5O2/c1-9-16-12(10-3-2-4-11(7-10)28-18(20)21)8-15(27)22-17(16)26(25-9)14-6-5-13(19)23-24-14/h2-7,12,18H,8H2,1H3,(H,22,27)/t12-/m0/s1. The molecule has 0 spiro atoms. The van der Waals surface area contributed by atoms with E-state index in [1.54, 1.807) is 24.3 Å². The lowest BCUT2D eigenvalue weighted by atomic mass is 9.86. The summed E-state index contributed by atoms with van der Waals surface area (Å²) in [6.45, 7) is -1.11. The quantitative estimate of drug-likeness (QED) is 0.715. The van der Waals surface area contributed by atoms with Crippen LogP contribution in [0.3, 0.4) is 0 Å². The average Bonchev–Trinajstić information content (AvgIpc) is 2.98. The van der Waals surface area contributed by atoms with Crippen LogP contribution >= 0.6 is 11.6 Å². The van der Waals surface area contributed by atoms with E-state index in [0.717, 1.165) is 5.56 Å². The normalized spacial score (nSPS) is 16.0. The monoisotopic (exact) mass is 405 g/mol. The maximum Gasteiger partial charge on any atom is 0.387 e. The molecule has 1 aliphatic rings. The number of hydrogen-bond donors (Lipinski definition) is 1. The maximum atomic E-state index is 12.6. The minimum Gasteiger partial charge on any atom is -0.435 e. The van der Waals surface area contributed by atoms with Crippen molar-refractivity contribution in [2.45, 2.75) is 25.9 Å². The molecule has 0 fully saturated rings. The molecule has 1 aromatic carbocycles. The van der Waals surface area contributed by atoms with Gasteiger partial charge in [0.15, 0.2) is 11.0 Å². The van der Waals surface area contributed by atoms with E-state index < -0.39 is 6.61 Å². The molecule has 28 heavy (non-hydrogen) atoms. The summed E-state index contributed by atoms with van der Waals surface area (Å²) in [5.74, 6) is 0.313. The minimum atomic E-state index is -2.92. The van der Waals surface area contributed by atoms with Gasteiger partial charge in [0.05, 0.1) is 5.69 Å². The first-order chi connectivity index (χ1) is 13.4. The second-order valence-electron chi connectivity index (χ2n) is 6.23. The third-order valence-electron chi connectivity index (χ3n) is 4.42. The topological polar surface area (TPSA) is 81.9 Å². The van der Waals surface area contributed by atoms with Crippen molar-refractivity contribution in [2.24, 2.45) is 0 Å². The highest BCUT2D eigenvalue weighted by atomic mass is 35.5. The largest absolute Gasteiger partial charge is 0.435 e. The van der Waals surface area contributed by atoms with Crippen molar-refractivity contribution in [2.75, 3.05) is 5.32 Å². The summed E-state index contributed by atoms with van der Waals surface area (Å²) in [6, 6.07) is 9.54. The van der Waals surface area contributed by atoms with Crippen LogP contribution in [0.1, 0.15) is 29.2 Å². The Morgan fingerprint density at radius 1 is 1.29 bits per heavy atom. The Bertz CT molecular complexity index is 1040. The lowest BCUT2D eigenvalue weighted by molar-refractivity contribution is -0.116. The average molecular weight is 406 g/mol. The smallest absolute Gasteiger partial charge is 0.387 e. The number of fused-ring (bicyclic) bond motifs is 1. The highest BCUT2D eigenvalue weighted by Crippen LogP contribution is 2.40. The van der Waals surface area contributed by atoms with E-state index in [1.165, 1.54) is 16.8 Å². The molecule has 2 aromatic heterocycles. The number of rotatable bonds is 4. The second-order valence-corrected chi connectivity index (χ2v) is 6.62. The van der Waals surface area contributed by atoms with Crippen molar-refractivity contribution < 1.29 is 18.3 Å². The Labute approximate surface area is 163 Å². The SMILES string of the molecule is Cc1nn(-c2ccc(Cl)nn2)c2c1[C@H](c1cccc(OC(F)F)c1)CC(=O)N2. The van der Waals surface area contributed by atoms with Gasteiger partial charge in [-0.2, -0.15) is 18.6 Å². The molecule has 10 heteroatoms. The fourth-order valence-corrected chi connectivity index (χ4v) is 3.43. The lowest BCUT2D eigenvalue weighted by Gasteiger charge is -2.24. The third kappa shape index (κ3) is 3.40. The highest BCUT2D eigenvalue weighted by Gasteiger charge is 2.33. The van der Waals surface area contributed by atoms with Gasteiger partial charge in [0.25, 0.3) is 0 Å². The van der Waals surface area contributed by atoms with E-state index in [1.807, 2.05) is 6.92 Å². The zero-order valence-electron chi connectivity index (χ0n) is 14.6. The first-order valence-corrected chi connectivity index (χ1v) is 8.74. The van der Waals surface area contributed by atoms with Gasteiger partial charge >= 0.3 is 6.61 Å². The molecule has 1 amide bonds. The van der Waals surface area contributed by atoms with Crippen molar-refractivity contribution in [3.63, 3.8) is 0 Å². The van der Waals surface area contributed by atoms with E-state index in [9.17, 15) is 13.6 Å². The molecule has 0 bridgehead atoms. The van der Waals surface area contributed by atoms with E-state index in [2.05, 4.69) is 25.3 Å². The molecule has 1 N–H and O–H groups in total. The Morgan fingerprint density at radius 3 is 2.82 bits per heavy atom. The van der Waals surface area contributed by atoms with Crippen LogP contribution in [0.15, 0.2) is 36.4 Å². The molecule has 1 atom stereocenters. The Hall–Kier alpha value is -3.07. The first-order valence-electron chi connectivity index (χ1n) is 8.36. The summed E-state index contributed by atoms with van der Waals surface area (Å²) in [5, 5.41) is 15.3. The van der Waals surface area contributed by atoms with Crippen LogP contribution < -0.4 is 10.1 Å². The van der Waals surface area contributed by atoms with Crippen LogP contribution in [0.2, 0.25) is 5.15 Å². The van der Waals surface area contributed by atoms with E-state index >= 15 is 0 Å². The number of ether oxygens (including phenoxy) is 1. The number of amides is 1. The van der Waals surface area contributed by atoms with Gasteiger partial charge in [-0.05, 0) is 36.8 Å². The van der Waals surface area contributed by atoms with Crippen LogP contribution in [0.4, 0.5) is 14.6 Å². The highest BCUT2D eigenvalue weighted by molar-refractivity contribution is 6.29. The van der Waals surface area contributed by atoms with Gasteiger partial charge in [0, 0.05) is 17.9 Å². The predicted molar refractivity (Wildman–Crippen MR) is 97.1 cm³/mol. The number of aromatic nitrogens is 4. The minimum absolute atomic E-state index is 0.0358. The molecule has 1 aliphatic heterocycles. The summed E-state index contributed by atoms with van der Waals surface area (Å²) >= 11 is 5.79. The number of anilines is 1. The van der Waals surface area contributed by atoms with Crippen molar-refractivity contribution in [3.05, 3.63) is 58.4 Å². The van der Waals surface area contributed by atoms with Gasteiger partial charge in [0.2, 0.25) is 5.91 Å². The van der Waals surface area contributed by atoms with Crippen LogP contribution in [-0.2, 0) is 4.79 Å². The Balaban J connectivity index is 1.80. The van der Waals surface area contributed by atoms with Crippen LogP contribution in [-0.4, -0.2) is 32.5 Å². The number of nitrogens with one attached hydrogen (secondary N) is 1. The van der Waals surface area contributed by atoms with Crippen LogP contribution in [0.5, 0.6) is 5.75 Å². The van der Waals surface area contributed by atoms with E-state index in [-0.39, 0.29) is 29.1 Å². The molecule has 0 saturated carbocycles. The van der Waals surface area contributed by atoms with E-state index in [4.69, 9.17) is 11.6 Å². The lowest BCUT2D eigenvalue weighted by Crippen LogP contribution is -2.25. The predicted octanol–water partition coefficient (Wildman–Crippen LogP) is 3.70. The number of carbonyl (C=O) groups is 1. The fourth-order valence-electron chi connectivity index (χ4n) is 3.33. The van der Waals surface area contributed by atoms with Crippen molar-refractivity contribution >= 4 is 23.3 Å². The van der Waals surface area contributed by atoms with Gasteiger partial charge in [-0.1, -0.05) is 23.7 Å². The van der Waals surface area contributed by atoms with Gasteiger partial charge in [-0.15, -0.1) is 10.2 Å². The summed E-state index contributed by atoms with van der Waals surface area (Å²) in [7, 11) is 0. The number of aryl methyl sites for hydroxylation is 1. The summed E-state index contributed by atoms with van der Waals surface area (Å²) in [6.07, 6.45) is 0.157. The Morgan fingerprint density at radius 2 is 2.11 bits per heavy atom. The number of alkyl halides is 2. The molecule has 0 saturated heterocycles. The van der Waals surface area contributed by atoms with Gasteiger partial charge < -0.3 is 10.1 Å². The maximum absolute atomic E-state index is 12.6. The molecule has 144 valence electrons. The third-order valence-corrected chi connectivity index (χ3v) is 4.62. The summed E-state index contributed by atoms with van der Waals surface area (Å²) < 4.78 is 31.1. The number of hydrogen-bond acceptors (Lipinski definition) is 5. The van der Waals surface area contributed by atoms with E-state index in [0.29, 0.717) is 22.9 Å². The molecule has 3 heterocycles. The Kier molecular flexibility index (Phi) is 4.68. The molecular formula is C18H14ClF2N5O2. The van der Waals surface area contributed by atoms with Crippen molar-refractivity contribution in [3.8, 4) is 11.6 Å². The van der Waals surface area contributed by atoms with Crippen molar-refractivity contribution in [1.82, 2.24) is 20.0 Å². The van der Waals surface area contributed by atoms with Crippen LogP contribution in [0, 0.1) is 6.92 Å². The molecule has 7 nitrogen and oxygen atoms in total. The molecule has 4 rings (SSSR count). The zero-order valence-corrected chi connectivity index (χ0v) is 15.3. The molecule has 0 radical (unpaired) electrons. The molecule has 0 unspecified atom stereocenters. The van der Waals surface area contributed by atoms with Crippen LogP contribution in [0.25, 0.3) is 5.82 Å². The summed E-state index contributed by atoms with van der Waals surface area (Å²) in [4.78, 5) is 12.4. The number of carbonyl (C=O) groups excluding carboxylic acids is 1. The molecule has 0 aliphatic carbocycles. The fraction of sp³-hybridized carbons (Fsp3) is 0.222. The number of halogens is 3. The number of benzene rings is 1. The van der Waals surface area contributed by atoms with Gasteiger partial charge in [0.1, 0.15) is 11.6 Å². The first kappa shape index (κ1) is 18.3. The summed E-state index contributed by atoms with van der Waals surface area (Å²) in [5.41, 5.74) is 2.14. The second kappa shape index (κ2) is 7.16. The van der Waals surface area contributed by atoms with Gasteiger partial charge in [-0.25, -0.2) is 0 Å².